The average molecular weight is 485 g/mol. The fraction of sp³-hybridized carbons (Fsp3) is 0.133. The number of hydrogen-bond donors (Lipinski definition) is 1. The molecule has 184 valence electrons. The first-order chi connectivity index (χ1) is 17.4. The van der Waals surface area contributed by atoms with Crippen LogP contribution in [-0.2, 0) is 14.3 Å². The molecule has 0 bridgehead atoms. The Hall–Kier alpha value is -4.42. The molecule has 0 spiro atoms. The zero-order chi connectivity index (χ0) is 25.9. The molecule has 0 saturated heterocycles. The molecule has 0 atom stereocenters. The van der Waals surface area contributed by atoms with E-state index in [-0.39, 0.29) is 18.8 Å². The summed E-state index contributed by atoms with van der Waals surface area (Å²) in [7, 11) is 0. The minimum absolute atomic E-state index is 0.00509. The van der Waals surface area contributed by atoms with Gasteiger partial charge in [-0.15, -0.1) is 0 Å². The van der Waals surface area contributed by atoms with Crippen molar-refractivity contribution in [2.75, 3.05) is 19.8 Å². The van der Waals surface area contributed by atoms with Crippen LogP contribution in [-0.4, -0.2) is 36.9 Å². The van der Waals surface area contributed by atoms with Gasteiger partial charge in [0.2, 0.25) is 0 Å². The molecule has 0 aliphatic heterocycles. The van der Waals surface area contributed by atoms with Crippen molar-refractivity contribution in [3.05, 3.63) is 108 Å². The molecule has 0 fully saturated rings. The van der Waals surface area contributed by atoms with E-state index in [9.17, 15) is 9.59 Å². The van der Waals surface area contributed by atoms with Crippen molar-refractivity contribution >= 4 is 24.1 Å². The van der Waals surface area contributed by atoms with Gasteiger partial charge in [0.15, 0.2) is 0 Å². The van der Waals surface area contributed by atoms with Crippen LogP contribution >= 0.6 is 0 Å². The monoisotopic (exact) mass is 484 g/mol. The van der Waals surface area contributed by atoms with Gasteiger partial charge in [0.25, 0.3) is 0 Å². The highest BCUT2D eigenvalue weighted by atomic mass is 16.6. The Morgan fingerprint density at radius 1 is 0.750 bits per heavy atom. The van der Waals surface area contributed by atoms with Crippen LogP contribution in [0.15, 0.2) is 97.1 Å². The molecule has 0 aliphatic rings. The number of aliphatic hydroxyl groups excluding tert-OH is 1. The molecule has 3 rings (SSSR count). The number of ether oxygens (including phenoxy) is 3. The van der Waals surface area contributed by atoms with Gasteiger partial charge in [-0.05, 0) is 53.4 Å². The first-order valence-corrected chi connectivity index (χ1v) is 11.3. The second kappa shape index (κ2) is 12.9. The normalized spacial score (nSPS) is 10.6. The molecule has 6 nitrogen and oxygen atoms in total. The third-order valence-electron chi connectivity index (χ3n) is 5.07. The largest absolute Gasteiger partial charge is 0.490 e. The Morgan fingerprint density at radius 3 is 1.78 bits per heavy atom. The highest BCUT2D eigenvalue weighted by Crippen LogP contribution is 2.23. The molecule has 0 amide bonds. The second-order valence-electron chi connectivity index (χ2n) is 7.96. The summed E-state index contributed by atoms with van der Waals surface area (Å²) in [5.41, 5.74) is 4.49. The fourth-order valence-electron chi connectivity index (χ4n) is 3.03. The fourth-order valence-corrected chi connectivity index (χ4v) is 3.03. The molecule has 3 aromatic rings. The molecule has 6 heteroatoms. The van der Waals surface area contributed by atoms with Gasteiger partial charge in [0.05, 0.1) is 12.2 Å². The van der Waals surface area contributed by atoms with E-state index in [1.807, 2.05) is 72.8 Å². The summed E-state index contributed by atoms with van der Waals surface area (Å²) in [5.74, 6) is 0.0156. The molecule has 0 radical (unpaired) electrons. The van der Waals surface area contributed by atoms with Crippen LogP contribution in [0.25, 0.3) is 23.3 Å². The van der Waals surface area contributed by atoms with Crippen LogP contribution in [0.4, 0.5) is 0 Å². The number of benzene rings is 3. The van der Waals surface area contributed by atoms with Crippen LogP contribution in [0, 0.1) is 0 Å². The number of rotatable bonds is 11. The van der Waals surface area contributed by atoms with Crippen LogP contribution in [0.3, 0.4) is 0 Å². The van der Waals surface area contributed by atoms with E-state index in [0.29, 0.717) is 17.1 Å². The van der Waals surface area contributed by atoms with Gasteiger partial charge in [0.1, 0.15) is 24.7 Å². The van der Waals surface area contributed by atoms with E-state index in [1.54, 1.807) is 19.1 Å². The minimum atomic E-state index is -0.648. The Morgan fingerprint density at radius 2 is 1.25 bits per heavy atom. The van der Waals surface area contributed by atoms with Crippen molar-refractivity contribution in [2.45, 2.75) is 6.92 Å². The Bertz CT molecular complexity index is 1240. The van der Waals surface area contributed by atoms with E-state index < -0.39 is 18.5 Å². The summed E-state index contributed by atoms with van der Waals surface area (Å²) < 4.78 is 15.8. The zero-order valence-electron chi connectivity index (χ0n) is 20.1. The number of carbonyl (C=O) groups is 2. The van der Waals surface area contributed by atoms with E-state index in [0.717, 1.165) is 22.3 Å². The lowest BCUT2D eigenvalue weighted by Gasteiger charge is -2.08. The number of aliphatic hydroxyl groups is 1. The third-order valence-corrected chi connectivity index (χ3v) is 5.07. The summed E-state index contributed by atoms with van der Waals surface area (Å²) in [5, 5.41) is 8.93. The van der Waals surface area contributed by atoms with Crippen LogP contribution in [0.2, 0.25) is 0 Å². The Balaban J connectivity index is 1.52. The van der Waals surface area contributed by atoms with E-state index in [4.69, 9.17) is 19.3 Å². The van der Waals surface area contributed by atoms with Gasteiger partial charge < -0.3 is 19.3 Å². The van der Waals surface area contributed by atoms with Crippen molar-refractivity contribution in [1.29, 1.82) is 0 Å². The quantitative estimate of drug-likeness (QED) is 0.128. The number of carbonyl (C=O) groups excluding carboxylic acids is 2. The second-order valence-corrected chi connectivity index (χ2v) is 7.96. The standard InChI is InChI=1S/C30H28O6/c1-21(2)29(32)35-19-18-34-27-16-12-26(13-17-27)25-10-6-23(7-11-25)4-5-24-8-14-28(15-9-24)36-30(33)22(3)20-31/h4-17,31H,1,3,18-20H2,2H3/b5-4+. The average Bonchev–Trinajstić information content (AvgIpc) is 2.90. The van der Waals surface area contributed by atoms with Crippen LogP contribution < -0.4 is 9.47 Å². The molecule has 0 heterocycles. The zero-order valence-corrected chi connectivity index (χ0v) is 20.1. The van der Waals surface area contributed by atoms with Crippen molar-refractivity contribution in [1.82, 2.24) is 0 Å². The van der Waals surface area contributed by atoms with Crippen molar-refractivity contribution < 1.29 is 28.9 Å². The lowest BCUT2D eigenvalue weighted by molar-refractivity contribution is -0.139. The van der Waals surface area contributed by atoms with Crippen LogP contribution in [0.5, 0.6) is 11.5 Å². The number of esters is 2. The maximum atomic E-state index is 11.7. The predicted octanol–water partition coefficient (Wildman–Crippen LogP) is 5.48. The lowest BCUT2D eigenvalue weighted by atomic mass is 10.0. The summed E-state index contributed by atoms with van der Waals surface area (Å²) in [6.07, 6.45) is 3.96. The topological polar surface area (TPSA) is 82.1 Å². The van der Waals surface area contributed by atoms with Gasteiger partial charge >= 0.3 is 11.9 Å². The summed E-state index contributed by atoms with van der Waals surface area (Å²) in [6.45, 7) is 8.59. The third kappa shape index (κ3) is 7.82. The molecule has 0 aliphatic carbocycles. The van der Waals surface area contributed by atoms with Gasteiger partial charge in [-0.1, -0.05) is 73.8 Å². The first-order valence-electron chi connectivity index (χ1n) is 11.3. The summed E-state index contributed by atoms with van der Waals surface area (Å²) >= 11 is 0. The highest BCUT2D eigenvalue weighted by Gasteiger charge is 2.08. The highest BCUT2D eigenvalue weighted by molar-refractivity contribution is 5.89. The SMILES string of the molecule is C=C(C)C(=O)OCCOc1ccc(-c2ccc(/C=C/c3ccc(OC(=O)C(=C)CO)cc3)cc2)cc1. The molecule has 36 heavy (non-hydrogen) atoms. The smallest absolute Gasteiger partial charge is 0.341 e. The first kappa shape index (κ1) is 26.2. The maximum Gasteiger partial charge on any atom is 0.341 e. The summed E-state index contributed by atoms with van der Waals surface area (Å²) in [6, 6.07) is 22.9. The van der Waals surface area contributed by atoms with Crippen molar-refractivity contribution in [2.24, 2.45) is 0 Å². The molecule has 0 unspecified atom stereocenters. The van der Waals surface area contributed by atoms with Gasteiger partial charge in [-0.3, -0.25) is 0 Å². The van der Waals surface area contributed by atoms with E-state index in [2.05, 4.69) is 13.2 Å². The Kier molecular flexibility index (Phi) is 9.37. The minimum Gasteiger partial charge on any atom is -0.490 e. The molecular weight excluding hydrogens is 456 g/mol. The molecular formula is C30H28O6. The maximum absolute atomic E-state index is 11.7. The number of hydrogen-bond acceptors (Lipinski definition) is 6. The van der Waals surface area contributed by atoms with Gasteiger partial charge in [-0.2, -0.15) is 0 Å². The van der Waals surface area contributed by atoms with Crippen molar-refractivity contribution in [3.8, 4) is 22.6 Å². The van der Waals surface area contributed by atoms with Gasteiger partial charge in [0, 0.05) is 5.57 Å². The Labute approximate surface area is 210 Å². The van der Waals surface area contributed by atoms with E-state index in [1.165, 1.54) is 0 Å². The molecule has 0 saturated carbocycles. The van der Waals surface area contributed by atoms with Crippen molar-refractivity contribution in [3.63, 3.8) is 0 Å². The predicted molar refractivity (Wildman–Crippen MR) is 140 cm³/mol. The lowest BCUT2D eigenvalue weighted by Crippen LogP contribution is -2.12. The van der Waals surface area contributed by atoms with Gasteiger partial charge in [-0.25, -0.2) is 9.59 Å². The van der Waals surface area contributed by atoms with E-state index >= 15 is 0 Å². The summed E-state index contributed by atoms with van der Waals surface area (Å²) in [4.78, 5) is 23.0. The van der Waals surface area contributed by atoms with Crippen LogP contribution in [0.1, 0.15) is 18.1 Å². The molecule has 1 N–H and O–H groups in total. The molecule has 0 aromatic heterocycles. The molecule has 3 aromatic carbocycles.